The third-order valence-electron chi connectivity index (χ3n) is 1.84. The molecule has 0 unspecified atom stereocenters. The van der Waals surface area contributed by atoms with E-state index in [1.54, 1.807) is 25.2 Å². The number of nitrogens with zero attached hydrogens (tertiary/aromatic N) is 1. The Hall–Kier alpha value is -0.770. The van der Waals surface area contributed by atoms with E-state index in [4.69, 9.17) is 28.9 Å². The van der Waals surface area contributed by atoms with E-state index >= 15 is 0 Å². The van der Waals surface area contributed by atoms with Crippen LogP contribution >= 0.6 is 23.2 Å². The molecule has 14 heavy (non-hydrogen) atoms. The monoisotopic (exact) mass is 232 g/mol. The second-order valence-corrected chi connectivity index (χ2v) is 3.51. The molecule has 0 spiro atoms. The lowest BCUT2D eigenvalue weighted by Crippen LogP contribution is -2.32. The van der Waals surface area contributed by atoms with Gasteiger partial charge in [0.05, 0.1) is 22.3 Å². The van der Waals surface area contributed by atoms with Crippen LogP contribution in [0.2, 0.25) is 10.0 Å². The minimum absolute atomic E-state index is 0.0562. The second-order valence-electron chi connectivity index (χ2n) is 2.73. The summed E-state index contributed by atoms with van der Waals surface area (Å²) in [5.74, 6) is -0.214. The molecule has 1 aromatic carbocycles. The third kappa shape index (κ3) is 2.18. The van der Waals surface area contributed by atoms with Gasteiger partial charge in [-0.25, -0.2) is 0 Å². The molecule has 0 heterocycles. The predicted octanol–water partition coefficient (Wildman–Crippen LogP) is 1.91. The zero-order valence-electron chi connectivity index (χ0n) is 7.63. The maximum atomic E-state index is 11.3. The number of carbonyl (C=O) groups excluding carboxylic acids is 1. The van der Waals surface area contributed by atoms with Gasteiger partial charge in [0.15, 0.2) is 0 Å². The molecule has 0 aliphatic carbocycles. The van der Waals surface area contributed by atoms with Crippen LogP contribution in [0.5, 0.6) is 0 Å². The first-order valence-corrected chi connectivity index (χ1v) is 4.74. The SMILES string of the molecule is CN(C(=O)CN)c1cccc(Cl)c1Cl. The van der Waals surface area contributed by atoms with Crippen LogP contribution < -0.4 is 10.6 Å². The van der Waals surface area contributed by atoms with Gasteiger partial charge >= 0.3 is 0 Å². The van der Waals surface area contributed by atoms with Crippen LogP contribution in [-0.4, -0.2) is 19.5 Å². The Bertz CT molecular complexity index is 355. The van der Waals surface area contributed by atoms with Gasteiger partial charge in [-0.2, -0.15) is 0 Å². The van der Waals surface area contributed by atoms with Gasteiger partial charge < -0.3 is 10.6 Å². The summed E-state index contributed by atoms with van der Waals surface area (Å²) < 4.78 is 0. The molecular weight excluding hydrogens is 223 g/mol. The Morgan fingerprint density at radius 2 is 2.14 bits per heavy atom. The highest BCUT2D eigenvalue weighted by Crippen LogP contribution is 2.31. The average molecular weight is 233 g/mol. The van der Waals surface area contributed by atoms with Crippen molar-refractivity contribution in [2.45, 2.75) is 0 Å². The number of hydrogen-bond acceptors (Lipinski definition) is 2. The lowest BCUT2D eigenvalue weighted by atomic mass is 10.3. The molecule has 76 valence electrons. The Balaban J connectivity index is 3.07. The number of carbonyl (C=O) groups is 1. The molecule has 0 fully saturated rings. The minimum Gasteiger partial charge on any atom is -0.322 e. The fourth-order valence-corrected chi connectivity index (χ4v) is 1.45. The topological polar surface area (TPSA) is 46.3 Å². The Morgan fingerprint density at radius 1 is 1.50 bits per heavy atom. The summed E-state index contributed by atoms with van der Waals surface area (Å²) in [5.41, 5.74) is 5.80. The molecule has 0 saturated carbocycles. The third-order valence-corrected chi connectivity index (χ3v) is 2.65. The number of rotatable bonds is 2. The number of halogens is 2. The number of amides is 1. The molecule has 1 rings (SSSR count). The lowest BCUT2D eigenvalue weighted by molar-refractivity contribution is -0.117. The van der Waals surface area contributed by atoms with Gasteiger partial charge in [0, 0.05) is 7.05 Å². The maximum Gasteiger partial charge on any atom is 0.240 e. The number of likely N-dealkylation sites (N-methyl/N-ethyl adjacent to an activating group) is 1. The first-order chi connectivity index (χ1) is 6.57. The fraction of sp³-hybridized carbons (Fsp3) is 0.222. The molecule has 0 aliphatic heterocycles. The van der Waals surface area contributed by atoms with Crippen molar-refractivity contribution in [3.05, 3.63) is 28.2 Å². The predicted molar refractivity (Wildman–Crippen MR) is 58.9 cm³/mol. The molecule has 3 nitrogen and oxygen atoms in total. The molecule has 0 aliphatic rings. The Morgan fingerprint density at radius 3 is 2.71 bits per heavy atom. The molecule has 0 aromatic heterocycles. The fourth-order valence-electron chi connectivity index (χ4n) is 1.02. The highest BCUT2D eigenvalue weighted by Gasteiger charge is 2.13. The summed E-state index contributed by atoms with van der Waals surface area (Å²) in [6, 6.07) is 5.10. The van der Waals surface area contributed by atoms with Gasteiger partial charge in [0.2, 0.25) is 5.91 Å². The Kier molecular flexibility index (Phi) is 3.75. The van der Waals surface area contributed by atoms with Crippen molar-refractivity contribution in [2.75, 3.05) is 18.5 Å². The minimum atomic E-state index is -0.214. The van der Waals surface area contributed by atoms with Gasteiger partial charge in [-0.3, -0.25) is 4.79 Å². The average Bonchev–Trinajstić information content (AvgIpc) is 2.20. The summed E-state index contributed by atoms with van der Waals surface area (Å²) in [4.78, 5) is 12.7. The van der Waals surface area contributed by atoms with E-state index in [0.29, 0.717) is 15.7 Å². The second kappa shape index (κ2) is 4.64. The van der Waals surface area contributed by atoms with Gasteiger partial charge in [0.25, 0.3) is 0 Å². The smallest absolute Gasteiger partial charge is 0.240 e. The summed E-state index contributed by atoms with van der Waals surface area (Å²) in [6.45, 7) is -0.0562. The van der Waals surface area contributed by atoms with Crippen molar-refractivity contribution in [3.63, 3.8) is 0 Å². The number of benzene rings is 1. The number of nitrogens with two attached hydrogens (primary N) is 1. The quantitative estimate of drug-likeness (QED) is 0.848. The van der Waals surface area contributed by atoms with Gasteiger partial charge in [-0.1, -0.05) is 29.3 Å². The molecule has 5 heteroatoms. The van der Waals surface area contributed by atoms with Crippen LogP contribution in [0.25, 0.3) is 0 Å². The first kappa shape index (κ1) is 11.3. The zero-order valence-corrected chi connectivity index (χ0v) is 9.14. The molecular formula is C9H10Cl2N2O. The van der Waals surface area contributed by atoms with Crippen molar-refractivity contribution in [2.24, 2.45) is 5.73 Å². The number of hydrogen-bond donors (Lipinski definition) is 1. The van der Waals surface area contributed by atoms with E-state index in [2.05, 4.69) is 0 Å². The number of anilines is 1. The highest BCUT2D eigenvalue weighted by atomic mass is 35.5. The van der Waals surface area contributed by atoms with Crippen molar-refractivity contribution < 1.29 is 4.79 Å². The molecule has 0 atom stereocenters. The van der Waals surface area contributed by atoms with Crippen molar-refractivity contribution >= 4 is 34.8 Å². The van der Waals surface area contributed by atoms with Crippen molar-refractivity contribution in [1.29, 1.82) is 0 Å². The van der Waals surface area contributed by atoms with Gasteiger partial charge in [0.1, 0.15) is 0 Å². The summed E-state index contributed by atoms with van der Waals surface area (Å²) in [7, 11) is 1.60. The van der Waals surface area contributed by atoms with E-state index in [1.165, 1.54) is 4.90 Å². The van der Waals surface area contributed by atoms with E-state index in [0.717, 1.165) is 0 Å². The lowest BCUT2D eigenvalue weighted by Gasteiger charge is -2.18. The molecule has 0 bridgehead atoms. The van der Waals surface area contributed by atoms with E-state index in [1.807, 2.05) is 0 Å². The molecule has 1 aromatic rings. The summed E-state index contributed by atoms with van der Waals surface area (Å²) in [6.07, 6.45) is 0. The normalized spacial score (nSPS) is 10.0. The van der Waals surface area contributed by atoms with E-state index in [9.17, 15) is 4.79 Å². The van der Waals surface area contributed by atoms with Crippen molar-refractivity contribution in [3.8, 4) is 0 Å². The zero-order chi connectivity index (χ0) is 10.7. The summed E-state index contributed by atoms with van der Waals surface area (Å²) in [5, 5.41) is 0.777. The highest BCUT2D eigenvalue weighted by molar-refractivity contribution is 6.44. The van der Waals surface area contributed by atoms with Crippen LogP contribution in [-0.2, 0) is 4.79 Å². The van der Waals surface area contributed by atoms with Crippen LogP contribution in [0.15, 0.2) is 18.2 Å². The molecule has 0 radical (unpaired) electrons. The van der Waals surface area contributed by atoms with Gasteiger partial charge in [-0.05, 0) is 12.1 Å². The van der Waals surface area contributed by atoms with Crippen LogP contribution in [0.3, 0.4) is 0 Å². The standard InChI is InChI=1S/C9H10Cl2N2O/c1-13(8(14)5-12)7-4-2-3-6(10)9(7)11/h2-4H,5,12H2,1H3. The van der Waals surface area contributed by atoms with Crippen LogP contribution in [0.4, 0.5) is 5.69 Å². The van der Waals surface area contributed by atoms with Crippen LogP contribution in [0, 0.1) is 0 Å². The van der Waals surface area contributed by atoms with E-state index < -0.39 is 0 Å². The largest absolute Gasteiger partial charge is 0.322 e. The molecule has 0 saturated heterocycles. The molecule has 1 amide bonds. The summed E-state index contributed by atoms with van der Waals surface area (Å²) >= 11 is 11.7. The van der Waals surface area contributed by atoms with E-state index in [-0.39, 0.29) is 12.5 Å². The maximum absolute atomic E-state index is 11.3. The molecule has 2 N–H and O–H groups in total. The first-order valence-electron chi connectivity index (χ1n) is 3.98. The van der Waals surface area contributed by atoms with Crippen molar-refractivity contribution in [1.82, 2.24) is 0 Å². The van der Waals surface area contributed by atoms with Gasteiger partial charge in [-0.15, -0.1) is 0 Å². The van der Waals surface area contributed by atoms with Crippen LogP contribution in [0.1, 0.15) is 0 Å². The Labute approximate surface area is 92.4 Å².